The Balaban J connectivity index is 1.42. The number of fused-ring (bicyclic) bond motifs is 1. The van der Waals surface area contributed by atoms with Crippen molar-refractivity contribution in [1.82, 2.24) is 25.3 Å². The average Bonchev–Trinajstić information content (AvgIpc) is 3.17. The molecule has 1 aromatic heterocycles. The molecule has 0 bridgehead atoms. The molecule has 8 heteroatoms. The first-order valence-corrected chi connectivity index (χ1v) is 13.1. The van der Waals surface area contributed by atoms with Crippen molar-refractivity contribution in [2.24, 2.45) is 5.92 Å². The summed E-state index contributed by atoms with van der Waals surface area (Å²) < 4.78 is 1.64. The molecule has 2 aliphatic carbocycles. The van der Waals surface area contributed by atoms with Crippen LogP contribution in [0.1, 0.15) is 73.8 Å². The molecule has 1 aliphatic heterocycles. The van der Waals surface area contributed by atoms with Gasteiger partial charge in [-0.2, -0.15) is 5.10 Å². The summed E-state index contributed by atoms with van der Waals surface area (Å²) in [7, 11) is 0. The molecule has 0 spiro atoms. The highest BCUT2D eigenvalue weighted by Crippen LogP contribution is 2.31. The van der Waals surface area contributed by atoms with Crippen LogP contribution in [0.5, 0.6) is 0 Å². The van der Waals surface area contributed by atoms with Gasteiger partial charge < -0.3 is 10.2 Å². The molecular formula is C26H34ClN5O2. The van der Waals surface area contributed by atoms with Crippen LogP contribution in [0.15, 0.2) is 30.3 Å². The molecule has 3 aliphatic rings. The van der Waals surface area contributed by atoms with Crippen LogP contribution < -0.4 is 10.6 Å². The van der Waals surface area contributed by atoms with Crippen molar-refractivity contribution >= 4 is 23.4 Å². The molecule has 2 heterocycles. The number of aryl methyl sites for hydroxylation is 1. The predicted octanol–water partition coefficient (Wildman–Crippen LogP) is 4.21. The lowest BCUT2D eigenvalue weighted by molar-refractivity contribution is -0.131. The lowest BCUT2D eigenvalue weighted by Crippen LogP contribution is -2.66. The van der Waals surface area contributed by atoms with E-state index in [1.807, 2.05) is 42.2 Å². The van der Waals surface area contributed by atoms with Gasteiger partial charge in [0.1, 0.15) is 5.15 Å². The van der Waals surface area contributed by atoms with Gasteiger partial charge in [0.05, 0.1) is 35.6 Å². The van der Waals surface area contributed by atoms with E-state index in [4.69, 9.17) is 11.6 Å². The average molecular weight is 484 g/mol. The Morgan fingerprint density at radius 1 is 1.09 bits per heavy atom. The first-order chi connectivity index (χ1) is 16.5. The number of nitrogens with one attached hydrogen (secondary N) is 2. The number of carbonyl (C=O) groups excluding carboxylic acids is 2. The van der Waals surface area contributed by atoms with Gasteiger partial charge in [-0.1, -0.05) is 61.9 Å². The molecule has 3 fully saturated rings. The van der Waals surface area contributed by atoms with Gasteiger partial charge in [0.15, 0.2) is 0 Å². The van der Waals surface area contributed by atoms with E-state index in [-0.39, 0.29) is 36.0 Å². The number of benzene rings is 1. The van der Waals surface area contributed by atoms with Crippen molar-refractivity contribution in [3.63, 3.8) is 0 Å². The number of rotatable bonds is 5. The molecule has 1 saturated heterocycles. The van der Waals surface area contributed by atoms with Crippen molar-refractivity contribution in [3.8, 4) is 5.69 Å². The highest BCUT2D eigenvalue weighted by Gasteiger charge is 2.40. The third kappa shape index (κ3) is 4.60. The predicted molar refractivity (Wildman–Crippen MR) is 132 cm³/mol. The Hall–Kier alpha value is -2.38. The van der Waals surface area contributed by atoms with Crippen LogP contribution in [-0.2, 0) is 4.79 Å². The van der Waals surface area contributed by atoms with Crippen LogP contribution >= 0.6 is 11.6 Å². The van der Waals surface area contributed by atoms with E-state index >= 15 is 0 Å². The van der Waals surface area contributed by atoms with E-state index in [1.54, 1.807) is 4.68 Å². The molecule has 2 amide bonds. The molecule has 2 N–H and O–H groups in total. The maximum atomic E-state index is 14.0. The van der Waals surface area contributed by atoms with Crippen LogP contribution in [0.4, 0.5) is 0 Å². The normalized spacial score (nSPS) is 25.5. The van der Waals surface area contributed by atoms with Gasteiger partial charge in [-0.15, -0.1) is 0 Å². The largest absolute Gasteiger partial charge is 0.339 e. The van der Waals surface area contributed by atoms with Crippen LogP contribution in [0, 0.1) is 12.8 Å². The van der Waals surface area contributed by atoms with E-state index in [0.717, 1.165) is 57.1 Å². The Bertz CT molecular complexity index is 1030. The first kappa shape index (κ1) is 23.4. The summed E-state index contributed by atoms with van der Waals surface area (Å²) >= 11 is 6.77. The zero-order valence-corrected chi connectivity index (χ0v) is 20.6. The van der Waals surface area contributed by atoms with Gasteiger partial charge in [-0.05, 0) is 44.7 Å². The van der Waals surface area contributed by atoms with E-state index in [2.05, 4.69) is 15.7 Å². The third-order valence-corrected chi connectivity index (χ3v) is 8.06. The monoisotopic (exact) mass is 483 g/mol. The molecule has 2 aromatic rings. The summed E-state index contributed by atoms with van der Waals surface area (Å²) in [5.74, 6) is 0.0682. The fraction of sp³-hybridized carbons (Fsp3) is 0.577. The highest BCUT2D eigenvalue weighted by atomic mass is 35.5. The SMILES string of the molecule is Cc1nn(-c2ccccc2)c(Cl)c1C(=O)N(CC1NC(=O)C2CCCCC2N1)C1CCCCC1. The van der Waals surface area contributed by atoms with Crippen LogP contribution in [-0.4, -0.2) is 51.3 Å². The molecular weight excluding hydrogens is 450 g/mol. The summed E-state index contributed by atoms with van der Waals surface area (Å²) in [6.45, 7) is 2.27. The standard InChI is InChI=1S/C26H34ClN5O2/c1-17-23(24(27)32(30-17)19-12-6-3-7-13-19)26(34)31(18-10-4-2-5-11-18)16-22-28-21-15-9-8-14-20(21)25(33)29-22/h3,6-7,12-13,18,20-22,28H,2,4-5,8-11,14-16H2,1H3,(H,29,33). The minimum absolute atomic E-state index is 0.0459. The number of halogens is 1. The smallest absolute Gasteiger partial charge is 0.259 e. The summed E-state index contributed by atoms with van der Waals surface area (Å²) in [5.41, 5.74) is 1.89. The Kier molecular flexibility index (Phi) is 6.93. The number of hydrogen-bond acceptors (Lipinski definition) is 4. The van der Waals surface area contributed by atoms with Crippen molar-refractivity contribution in [1.29, 1.82) is 0 Å². The van der Waals surface area contributed by atoms with E-state index in [9.17, 15) is 9.59 Å². The molecule has 34 heavy (non-hydrogen) atoms. The molecule has 3 atom stereocenters. The summed E-state index contributed by atoms with van der Waals surface area (Å²) in [4.78, 5) is 28.8. The van der Waals surface area contributed by atoms with Gasteiger partial charge in [-0.25, -0.2) is 4.68 Å². The Morgan fingerprint density at radius 3 is 2.56 bits per heavy atom. The molecule has 2 saturated carbocycles. The zero-order chi connectivity index (χ0) is 23.7. The summed E-state index contributed by atoms with van der Waals surface area (Å²) in [6.07, 6.45) is 9.33. The van der Waals surface area contributed by atoms with Gasteiger partial charge in [0, 0.05) is 12.1 Å². The maximum Gasteiger partial charge on any atom is 0.259 e. The van der Waals surface area contributed by atoms with Gasteiger partial charge in [0.25, 0.3) is 5.91 Å². The molecule has 3 unspecified atom stereocenters. The van der Waals surface area contributed by atoms with Crippen molar-refractivity contribution < 1.29 is 9.59 Å². The third-order valence-electron chi connectivity index (χ3n) is 7.71. The van der Waals surface area contributed by atoms with Gasteiger partial charge in [0.2, 0.25) is 5.91 Å². The van der Waals surface area contributed by atoms with Gasteiger partial charge in [-0.3, -0.25) is 14.9 Å². The number of amides is 2. The number of aromatic nitrogens is 2. The van der Waals surface area contributed by atoms with E-state index in [1.165, 1.54) is 6.42 Å². The van der Waals surface area contributed by atoms with Crippen molar-refractivity contribution in [2.45, 2.75) is 83.0 Å². The molecule has 1 aromatic carbocycles. The summed E-state index contributed by atoms with van der Waals surface area (Å²) in [5, 5.41) is 11.7. The first-order valence-electron chi connectivity index (χ1n) is 12.7. The maximum absolute atomic E-state index is 14.0. The van der Waals surface area contributed by atoms with Crippen molar-refractivity contribution in [3.05, 3.63) is 46.7 Å². The van der Waals surface area contributed by atoms with Gasteiger partial charge >= 0.3 is 0 Å². The van der Waals surface area contributed by atoms with Crippen LogP contribution in [0.2, 0.25) is 5.15 Å². The lowest BCUT2D eigenvalue weighted by Gasteiger charge is -2.43. The second kappa shape index (κ2) is 10.1. The highest BCUT2D eigenvalue weighted by molar-refractivity contribution is 6.33. The van der Waals surface area contributed by atoms with E-state index in [0.29, 0.717) is 23.0 Å². The molecule has 182 valence electrons. The fourth-order valence-corrected chi connectivity index (χ4v) is 6.29. The Morgan fingerprint density at radius 2 is 1.79 bits per heavy atom. The molecule has 5 rings (SSSR count). The molecule has 0 radical (unpaired) electrons. The van der Waals surface area contributed by atoms with Crippen LogP contribution in [0.3, 0.4) is 0 Å². The number of carbonyl (C=O) groups is 2. The van der Waals surface area contributed by atoms with E-state index < -0.39 is 0 Å². The number of hydrogen-bond donors (Lipinski definition) is 2. The second-order valence-corrected chi connectivity index (χ2v) is 10.3. The molecule has 7 nitrogen and oxygen atoms in total. The Labute approximate surface area is 206 Å². The van der Waals surface area contributed by atoms with Crippen molar-refractivity contribution in [2.75, 3.05) is 6.54 Å². The quantitative estimate of drug-likeness (QED) is 0.667. The van der Waals surface area contributed by atoms with Crippen LogP contribution in [0.25, 0.3) is 5.69 Å². The topological polar surface area (TPSA) is 79.3 Å². The summed E-state index contributed by atoms with van der Waals surface area (Å²) in [6, 6.07) is 9.97. The lowest BCUT2D eigenvalue weighted by atomic mass is 9.82. The number of nitrogens with zero attached hydrogens (tertiary/aromatic N) is 3. The second-order valence-electron chi connectivity index (χ2n) is 9.97. The number of para-hydroxylation sites is 1. The minimum atomic E-state index is -0.249. The fourth-order valence-electron chi connectivity index (χ4n) is 5.93. The zero-order valence-electron chi connectivity index (χ0n) is 19.8. The minimum Gasteiger partial charge on any atom is -0.339 e.